The number of hydrogen-bond acceptors (Lipinski definition) is 3. The molecule has 0 radical (unpaired) electrons. The van der Waals surface area contributed by atoms with E-state index in [0.717, 1.165) is 18.8 Å². The predicted octanol–water partition coefficient (Wildman–Crippen LogP) is 2.86. The Kier molecular flexibility index (Phi) is 4.05. The van der Waals surface area contributed by atoms with Crippen LogP contribution < -0.4 is 10.6 Å². The van der Waals surface area contributed by atoms with Crippen LogP contribution in [0.4, 0.5) is 5.69 Å². The number of hydrogen-bond donors (Lipinski definition) is 1. The first kappa shape index (κ1) is 12.7. The van der Waals surface area contributed by atoms with Crippen LogP contribution in [0.2, 0.25) is 0 Å². The van der Waals surface area contributed by atoms with Crippen LogP contribution in [0.1, 0.15) is 16.9 Å². The second-order valence-electron chi connectivity index (χ2n) is 4.56. The van der Waals surface area contributed by atoms with Crippen molar-refractivity contribution in [2.45, 2.75) is 20.4 Å². The van der Waals surface area contributed by atoms with Crippen molar-refractivity contribution >= 4 is 5.69 Å². The fourth-order valence-electron chi connectivity index (χ4n) is 1.97. The lowest BCUT2D eigenvalue weighted by Gasteiger charge is -2.24. The molecule has 1 aromatic heterocycles. The molecule has 0 saturated carbocycles. The van der Waals surface area contributed by atoms with Crippen LogP contribution in [-0.2, 0) is 6.54 Å². The summed E-state index contributed by atoms with van der Waals surface area (Å²) in [6, 6.07) is 10.4. The van der Waals surface area contributed by atoms with Crippen molar-refractivity contribution in [2.24, 2.45) is 5.73 Å². The van der Waals surface area contributed by atoms with Gasteiger partial charge in [0.05, 0.1) is 12.8 Å². The van der Waals surface area contributed by atoms with E-state index in [-0.39, 0.29) is 0 Å². The lowest BCUT2D eigenvalue weighted by atomic mass is 10.1. The van der Waals surface area contributed by atoms with Gasteiger partial charge in [-0.1, -0.05) is 6.07 Å². The predicted molar refractivity (Wildman–Crippen MR) is 74.7 cm³/mol. The first-order valence-electron chi connectivity index (χ1n) is 6.25. The average molecular weight is 244 g/mol. The number of anilines is 1. The minimum atomic E-state index is 0.633. The summed E-state index contributed by atoms with van der Waals surface area (Å²) in [5, 5.41) is 0. The van der Waals surface area contributed by atoms with Crippen LogP contribution in [0.15, 0.2) is 41.0 Å². The van der Waals surface area contributed by atoms with E-state index in [1.807, 2.05) is 12.1 Å². The normalized spacial score (nSPS) is 10.6. The molecular weight excluding hydrogens is 224 g/mol. The molecule has 3 heteroatoms. The third-order valence-corrected chi connectivity index (χ3v) is 3.18. The summed E-state index contributed by atoms with van der Waals surface area (Å²) >= 11 is 0. The van der Waals surface area contributed by atoms with Gasteiger partial charge in [0.15, 0.2) is 0 Å². The molecule has 2 rings (SSSR count). The van der Waals surface area contributed by atoms with Crippen LogP contribution >= 0.6 is 0 Å². The van der Waals surface area contributed by atoms with Crippen molar-refractivity contribution in [2.75, 3.05) is 18.0 Å². The van der Waals surface area contributed by atoms with Crippen molar-refractivity contribution in [1.29, 1.82) is 0 Å². The van der Waals surface area contributed by atoms with E-state index < -0.39 is 0 Å². The molecule has 0 fully saturated rings. The second-order valence-corrected chi connectivity index (χ2v) is 4.56. The van der Waals surface area contributed by atoms with Crippen molar-refractivity contribution < 1.29 is 4.42 Å². The Hall–Kier alpha value is -1.74. The second kappa shape index (κ2) is 5.74. The van der Waals surface area contributed by atoms with Gasteiger partial charge in [0, 0.05) is 18.8 Å². The Morgan fingerprint density at radius 1 is 1.17 bits per heavy atom. The number of benzene rings is 1. The number of furan rings is 1. The van der Waals surface area contributed by atoms with Gasteiger partial charge in [0.2, 0.25) is 0 Å². The summed E-state index contributed by atoms with van der Waals surface area (Å²) in [7, 11) is 0. The fourth-order valence-corrected chi connectivity index (χ4v) is 1.97. The zero-order chi connectivity index (χ0) is 13.0. The summed E-state index contributed by atoms with van der Waals surface area (Å²) in [5.41, 5.74) is 9.50. The Bertz CT molecular complexity index is 491. The number of nitrogens with zero attached hydrogens (tertiary/aromatic N) is 1. The zero-order valence-electron chi connectivity index (χ0n) is 11.0. The van der Waals surface area contributed by atoms with Crippen LogP contribution in [-0.4, -0.2) is 13.1 Å². The molecule has 0 aliphatic rings. The van der Waals surface area contributed by atoms with Crippen molar-refractivity contribution in [1.82, 2.24) is 0 Å². The van der Waals surface area contributed by atoms with E-state index in [2.05, 4.69) is 36.9 Å². The Balaban J connectivity index is 2.20. The van der Waals surface area contributed by atoms with Gasteiger partial charge < -0.3 is 15.1 Å². The third kappa shape index (κ3) is 2.93. The molecule has 96 valence electrons. The van der Waals surface area contributed by atoms with Gasteiger partial charge in [0.25, 0.3) is 0 Å². The molecule has 18 heavy (non-hydrogen) atoms. The molecule has 0 aliphatic carbocycles. The summed E-state index contributed by atoms with van der Waals surface area (Å²) in [6.45, 7) is 6.47. The first-order valence-corrected chi connectivity index (χ1v) is 6.25. The fraction of sp³-hybridized carbons (Fsp3) is 0.333. The Morgan fingerprint density at radius 3 is 2.61 bits per heavy atom. The topological polar surface area (TPSA) is 42.4 Å². The quantitative estimate of drug-likeness (QED) is 0.879. The Morgan fingerprint density at radius 2 is 2.00 bits per heavy atom. The van der Waals surface area contributed by atoms with Crippen molar-refractivity contribution in [3.63, 3.8) is 0 Å². The van der Waals surface area contributed by atoms with Gasteiger partial charge in [0.1, 0.15) is 5.76 Å². The van der Waals surface area contributed by atoms with Gasteiger partial charge in [-0.3, -0.25) is 0 Å². The molecule has 0 aliphatic heterocycles. The van der Waals surface area contributed by atoms with Crippen molar-refractivity contribution in [3.05, 3.63) is 53.5 Å². The molecule has 0 bridgehead atoms. The van der Waals surface area contributed by atoms with Crippen LogP contribution in [0.5, 0.6) is 0 Å². The monoisotopic (exact) mass is 244 g/mol. The maximum atomic E-state index is 5.69. The lowest BCUT2D eigenvalue weighted by molar-refractivity contribution is 0.502. The molecule has 3 nitrogen and oxygen atoms in total. The number of nitrogens with two attached hydrogens (primary N) is 1. The molecule has 0 atom stereocenters. The van der Waals surface area contributed by atoms with E-state index in [1.54, 1.807) is 6.26 Å². The van der Waals surface area contributed by atoms with Crippen LogP contribution in [0.25, 0.3) is 0 Å². The molecular formula is C15H20N2O. The highest BCUT2D eigenvalue weighted by Crippen LogP contribution is 2.20. The van der Waals surface area contributed by atoms with E-state index in [1.165, 1.54) is 16.8 Å². The van der Waals surface area contributed by atoms with E-state index >= 15 is 0 Å². The van der Waals surface area contributed by atoms with Gasteiger partial charge in [-0.15, -0.1) is 0 Å². The van der Waals surface area contributed by atoms with E-state index in [9.17, 15) is 0 Å². The molecule has 0 unspecified atom stereocenters. The van der Waals surface area contributed by atoms with Crippen molar-refractivity contribution in [3.8, 4) is 0 Å². The largest absolute Gasteiger partial charge is 0.467 e. The highest BCUT2D eigenvalue weighted by molar-refractivity contribution is 5.50. The van der Waals surface area contributed by atoms with Gasteiger partial charge >= 0.3 is 0 Å². The number of aryl methyl sites for hydroxylation is 2. The summed E-state index contributed by atoms with van der Waals surface area (Å²) < 4.78 is 5.40. The van der Waals surface area contributed by atoms with Crippen LogP contribution in [0.3, 0.4) is 0 Å². The number of rotatable bonds is 5. The molecule has 0 saturated heterocycles. The summed E-state index contributed by atoms with van der Waals surface area (Å²) in [4.78, 5) is 2.24. The highest BCUT2D eigenvalue weighted by Gasteiger charge is 2.09. The van der Waals surface area contributed by atoms with Gasteiger partial charge in [-0.25, -0.2) is 0 Å². The SMILES string of the molecule is Cc1ccc(N(CCN)Cc2ccco2)cc1C. The maximum Gasteiger partial charge on any atom is 0.123 e. The molecule has 2 N–H and O–H groups in total. The molecule has 1 aromatic carbocycles. The van der Waals surface area contributed by atoms with Crippen LogP contribution in [0, 0.1) is 13.8 Å². The van der Waals surface area contributed by atoms with Gasteiger partial charge in [-0.05, 0) is 49.2 Å². The average Bonchev–Trinajstić information content (AvgIpc) is 2.85. The first-order chi connectivity index (χ1) is 8.70. The third-order valence-electron chi connectivity index (χ3n) is 3.18. The highest BCUT2D eigenvalue weighted by atomic mass is 16.3. The smallest absolute Gasteiger partial charge is 0.123 e. The molecule has 0 amide bonds. The molecule has 1 heterocycles. The zero-order valence-corrected chi connectivity index (χ0v) is 11.0. The minimum Gasteiger partial charge on any atom is -0.467 e. The minimum absolute atomic E-state index is 0.633. The summed E-state index contributed by atoms with van der Waals surface area (Å²) in [6.07, 6.45) is 1.70. The molecule has 2 aromatic rings. The Labute approximate surface area is 108 Å². The molecule has 0 spiro atoms. The van der Waals surface area contributed by atoms with E-state index in [4.69, 9.17) is 10.2 Å². The lowest BCUT2D eigenvalue weighted by Crippen LogP contribution is -2.28. The summed E-state index contributed by atoms with van der Waals surface area (Å²) in [5.74, 6) is 0.960. The van der Waals surface area contributed by atoms with Gasteiger partial charge in [-0.2, -0.15) is 0 Å². The standard InChI is InChI=1S/C15H20N2O/c1-12-5-6-14(10-13(12)2)17(8-7-16)11-15-4-3-9-18-15/h3-6,9-10H,7-8,11,16H2,1-2H3. The van der Waals surface area contributed by atoms with E-state index in [0.29, 0.717) is 6.54 Å². The maximum absolute atomic E-state index is 5.69.